The molecular weight excluding hydrogens is 399 g/mol. The summed E-state index contributed by atoms with van der Waals surface area (Å²) in [6.07, 6.45) is 0. The Morgan fingerprint density at radius 2 is 1.15 bits per heavy atom. The van der Waals surface area contributed by atoms with E-state index < -0.39 is 0 Å². The molecule has 0 spiro atoms. The Kier molecular flexibility index (Phi) is 6.02. The van der Waals surface area contributed by atoms with Gasteiger partial charge in [0, 0.05) is 15.6 Å². The van der Waals surface area contributed by atoms with Crippen LogP contribution >= 0.6 is 15.9 Å². The summed E-state index contributed by atoms with van der Waals surface area (Å²) >= 11 is 3.37. The van der Waals surface area contributed by atoms with Crippen molar-refractivity contribution in [3.05, 3.63) is 94.2 Å². The van der Waals surface area contributed by atoms with E-state index in [0.717, 1.165) is 10.2 Å². The third kappa shape index (κ3) is 4.92. The van der Waals surface area contributed by atoms with E-state index in [0.29, 0.717) is 30.1 Å². The van der Waals surface area contributed by atoms with Crippen molar-refractivity contribution >= 4 is 21.7 Å². The van der Waals surface area contributed by atoms with Crippen molar-refractivity contribution in [3.63, 3.8) is 0 Å². The predicted molar refractivity (Wildman–Crippen MR) is 101 cm³/mol. The number of rotatable bonds is 7. The van der Waals surface area contributed by atoms with Crippen LogP contribution in [0.5, 0.6) is 11.5 Å². The Morgan fingerprint density at radius 1 is 0.731 bits per heavy atom. The normalized spacial score (nSPS) is 10.4. The number of ether oxygens (including phenoxy) is 2. The molecule has 0 aliphatic carbocycles. The molecule has 0 saturated carbocycles. The molecule has 0 heterocycles. The van der Waals surface area contributed by atoms with Crippen LogP contribution in [0.4, 0.5) is 4.39 Å². The Balaban J connectivity index is 1.50. The molecule has 0 saturated heterocycles. The molecule has 26 heavy (non-hydrogen) atoms. The summed E-state index contributed by atoms with van der Waals surface area (Å²) in [4.78, 5) is 12.3. The van der Waals surface area contributed by atoms with Crippen molar-refractivity contribution in [1.82, 2.24) is 0 Å². The first-order chi connectivity index (χ1) is 12.6. The largest absolute Gasteiger partial charge is 0.490 e. The van der Waals surface area contributed by atoms with Gasteiger partial charge < -0.3 is 9.47 Å². The van der Waals surface area contributed by atoms with Gasteiger partial charge in [0.15, 0.2) is 5.78 Å². The number of hydrogen-bond donors (Lipinski definition) is 0. The molecule has 0 radical (unpaired) electrons. The fourth-order valence-corrected chi connectivity index (χ4v) is 2.58. The number of carbonyl (C=O) groups excluding carboxylic acids is 1. The summed E-state index contributed by atoms with van der Waals surface area (Å²) in [6.45, 7) is 0.805. The van der Waals surface area contributed by atoms with E-state index in [-0.39, 0.29) is 11.6 Å². The molecular formula is C21H16BrFO3. The molecule has 3 aromatic carbocycles. The second kappa shape index (κ2) is 8.63. The van der Waals surface area contributed by atoms with Gasteiger partial charge in [-0.2, -0.15) is 0 Å². The van der Waals surface area contributed by atoms with Gasteiger partial charge in [-0.05, 0) is 72.8 Å². The van der Waals surface area contributed by atoms with Gasteiger partial charge in [-0.15, -0.1) is 0 Å². The summed E-state index contributed by atoms with van der Waals surface area (Å²) in [6, 6.07) is 19.9. The highest BCUT2D eigenvalue weighted by atomic mass is 79.9. The van der Waals surface area contributed by atoms with E-state index in [1.165, 1.54) is 24.3 Å². The van der Waals surface area contributed by atoms with Crippen LogP contribution in [-0.4, -0.2) is 19.0 Å². The number of hydrogen-bond acceptors (Lipinski definition) is 3. The van der Waals surface area contributed by atoms with Crippen molar-refractivity contribution in [2.75, 3.05) is 13.2 Å². The fourth-order valence-electron chi connectivity index (χ4n) is 2.32. The van der Waals surface area contributed by atoms with E-state index in [4.69, 9.17) is 9.47 Å². The maximum Gasteiger partial charge on any atom is 0.193 e. The number of benzene rings is 3. The molecule has 3 aromatic rings. The molecule has 0 atom stereocenters. The molecule has 0 aliphatic rings. The molecule has 0 aliphatic heterocycles. The average molecular weight is 415 g/mol. The lowest BCUT2D eigenvalue weighted by Gasteiger charge is -2.09. The SMILES string of the molecule is O=C(c1ccc(F)cc1)c1ccc(OCCOc2ccc(Br)cc2)cc1. The van der Waals surface area contributed by atoms with Crippen LogP contribution in [0.15, 0.2) is 77.3 Å². The molecule has 0 fully saturated rings. The van der Waals surface area contributed by atoms with E-state index in [1.54, 1.807) is 24.3 Å². The van der Waals surface area contributed by atoms with Gasteiger partial charge in [-0.25, -0.2) is 4.39 Å². The molecule has 3 rings (SSSR count). The molecule has 0 bridgehead atoms. The van der Waals surface area contributed by atoms with E-state index in [2.05, 4.69) is 15.9 Å². The second-order valence-electron chi connectivity index (χ2n) is 5.51. The van der Waals surface area contributed by atoms with Crippen LogP contribution in [0.25, 0.3) is 0 Å². The molecule has 0 aromatic heterocycles. The van der Waals surface area contributed by atoms with E-state index >= 15 is 0 Å². The Bertz CT molecular complexity index is 859. The van der Waals surface area contributed by atoms with Crippen molar-refractivity contribution in [3.8, 4) is 11.5 Å². The van der Waals surface area contributed by atoms with Gasteiger partial charge in [0.1, 0.15) is 30.5 Å². The molecule has 0 N–H and O–H groups in total. The number of ketones is 1. The summed E-state index contributed by atoms with van der Waals surface area (Å²) in [5, 5.41) is 0. The zero-order valence-corrected chi connectivity index (χ0v) is 15.4. The van der Waals surface area contributed by atoms with E-state index in [9.17, 15) is 9.18 Å². The van der Waals surface area contributed by atoms with Gasteiger partial charge >= 0.3 is 0 Å². The van der Waals surface area contributed by atoms with Crippen molar-refractivity contribution < 1.29 is 18.7 Å². The number of carbonyl (C=O) groups is 1. The first-order valence-electron chi connectivity index (χ1n) is 8.03. The number of halogens is 2. The Labute approximate surface area is 159 Å². The van der Waals surface area contributed by atoms with Gasteiger partial charge in [-0.1, -0.05) is 15.9 Å². The summed E-state index contributed by atoms with van der Waals surface area (Å²) < 4.78 is 25.1. The monoisotopic (exact) mass is 414 g/mol. The first-order valence-corrected chi connectivity index (χ1v) is 8.82. The topological polar surface area (TPSA) is 35.5 Å². The quantitative estimate of drug-likeness (QED) is 0.389. The summed E-state index contributed by atoms with van der Waals surface area (Å²) in [5.41, 5.74) is 0.970. The van der Waals surface area contributed by atoms with Crippen LogP contribution in [0.1, 0.15) is 15.9 Å². The first kappa shape index (κ1) is 18.1. The molecule has 3 nitrogen and oxygen atoms in total. The third-order valence-corrected chi connectivity index (χ3v) is 4.19. The van der Waals surface area contributed by atoms with E-state index in [1.807, 2.05) is 24.3 Å². The van der Waals surface area contributed by atoms with Crippen molar-refractivity contribution in [2.24, 2.45) is 0 Å². The second-order valence-corrected chi connectivity index (χ2v) is 6.43. The smallest absolute Gasteiger partial charge is 0.193 e. The molecule has 132 valence electrons. The minimum atomic E-state index is -0.365. The molecule has 0 amide bonds. The lowest BCUT2D eigenvalue weighted by atomic mass is 10.0. The Hall–Kier alpha value is -2.66. The predicted octanol–water partition coefficient (Wildman–Crippen LogP) is 5.28. The Morgan fingerprint density at radius 3 is 1.65 bits per heavy atom. The van der Waals surface area contributed by atoms with Crippen molar-refractivity contribution in [2.45, 2.75) is 0 Å². The van der Waals surface area contributed by atoms with Gasteiger partial charge in [0.05, 0.1) is 0 Å². The zero-order valence-electron chi connectivity index (χ0n) is 13.8. The van der Waals surface area contributed by atoms with Crippen LogP contribution in [0, 0.1) is 5.82 Å². The van der Waals surface area contributed by atoms with Gasteiger partial charge in [-0.3, -0.25) is 4.79 Å². The van der Waals surface area contributed by atoms with Crippen LogP contribution in [0.3, 0.4) is 0 Å². The maximum atomic E-state index is 12.9. The maximum absolute atomic E-state index is 12.9. The van der Waals surface area contributed by atoms with Crippen LogP contribution in [0.2, 0.25) is 0 Å². The standard InChI is InChI=1S/C21H16BrFO3/c22-17-5-11-20(12-6-17)26-14-13-25-19-9-3-16(4-10-19)21(24)15-1-7-18(23)8-2-15/h1-12H,13-14H2. The minimum Gasteiger partial charge on any atom is -0.490 e. The minimum absolute atomic E-state index is 0.157. The molecule has 5 heteroatoms. The zero-order chi connectivity index (χ0) is 18.4. The lowest BCUT2D eigenvalue weighted by Crippen LogP contribution is -2.09. The van der Waals surface area contributed by atoms with Gasteiger partial charge in [0.25, 0.3) is 0 Å². The fraction of sp³-hybridized carbons (Fsp3) is 0.0952. The lowest BCUT2D eigenvalue weighted by molar-refractivity contribution is 0.103. The van der Waals surface area contributed by atoms with Crippen LogP contribution in [-0.2, 0) is 0 Å². The summed E-state index contributed by atoms with van der Waals surface area (Å²) in [7, 11) is 0. The average Bonchev–Trinajstić information content (AvgIpc) is 2.67. The highest BCUT2D eigenvalue weighted by Gasteiger charge is 2.09. The van der Waals surface area contributed by atoms with Crippen LogP contribution < -0.4 is 9.47 Å². The third-order valence-electron chi connectivity index (χ3n) is 3.66. The summed E-state index contributed by atoms with van der Waals surface area (Å²) in [5.74, 6) is 0.905. The highest BCUT2D eigenvalue weighted by molar-refractivity contribution is 9.10. The molecule has 0 unspecified atom stereocenters. The highest BCUT2D eigenvalue weighted by Crippen LogP contribution is 2.17. The van der Waals surface area contributed by atoms with Crippen molar-refractivity contribution in [1.29, 1.82) is 0 Å². The van der Waals surface area contributed by atoms with Gasteiger partial charge in [0.2, 0.25) is 0 Å².